The molecule has 1 aliphatic rings. The molecule has 0 spiro atoms. The second-order valence-corrected chi connectivity index (χ2v) is 7.72. The van der Waals surface area contributed by atoms with E-state index in [1.807, 2.05) is 6.07 Å². The van der Waals surface area contributed by atoms with Crippen molar-refractivity contribution in [2.24, 2.45) is 0 Å². The fourth-order valence-electron chi connectivity index (χ4n) is 3.92. The van der Waals surface area contributed by atoms with Crippen LogP contribution in [0.25, 0.3) is 10.9 Å². The Labute approximate surface area is 158 Å². The largest absolute Gasteiger partial charge is 0.352 e. The van der Waals surface area contributed by atoms with Crippen LogP contribution in [-0.4, -0.2) is 39.8 Å². The van der Waals surface area contributed by atoms with Gasteiger partial charge in [0.1, 0.15) is 5.82 Å². The summed E-state index contributed by atoms with van der Waals surface area (Å²) in [6.07, 6.45) is 3.98. The number of nitrogens with one attached hydrogen (secondary N) is 1. The number of halogens is 1. The van der Waals surface area contributed by atoms with Gasteiger partial charge >= 0.3 is 0 Å². The molecule has 3 aromatic rings. The van der Waals surface area contributed by atoms with E-state index in [2.05, 4.69) is 46.9 Å². The maximum absolute atomic E-state index is 13.3. The van der Waals surface area contributed by atoms with Gasteiger partial charge in [0.25, 0.3) is 0 Å². The van der Waals surface area contributed by atoms with Gasteiger partial charge in [-0.25, -0.2) is 4.39 Å². The minimum atomic E-state index is -0.423. The molecule has 1 saturated heterocycles. The number of nitrogens with zero attached hydrogens (tertiary/aromatic N) is 2. The van der Waals surface area contributed by atoms with E-state index in [4.69, 9.17) is 0 Å². The lowest BCUT2D eigenvalue weighted by atomic mass is 9.97. The zero-order valence-corrected chi connectivity index (χ0v) is 15.7. The summed E-state index contributed by atoms with van der Waals surface area (Å²) in [4.78, 5) is 22.1. The summed E-state index contributed by atoms with van der Waals surface area (Å²) in [6.45, 7) is 6.71. The van der Waals surface area contributed by atoms with Crippen molar-refractivity contribution in [1.82, 2.24) is 14.9 Å². The standard InChI is InChI=1S/C22H24FN3O/c1-14(2)26-6-5-17(13-26)16-3-4-20-18(9-16)10-21(25-20)22(27)8-15-7-19(23)12-24-11-15/h3-4,7,9-12,14,17,25H,5-6,8,13H2,1-2H3. The monoisotopic (exact) mass is 365 g/mol. The van der Waals surface area contributed by atoms with Gasteiger partial charge in [-0.2, -0.15) is 0 Å². The Bertz CT molecular complexity index is 979. The van der Waals surface area contributed by atoms with Crippen LogP contribution in [0.15, 0.2) is 42.7 Å². The number of carbonyl (C=O) groups excluding carboxylic acids is 1. The number of aromatic amines is 1. The van der Waals surface area contributed by atoms with Crippen LogP contribution in [0.3, 0.4) is 0 Å². The zero-order valence-electron chi connectivity index (χ0n) is 15.7. The Morgan fingerprint density at radius 2 is 2.15 bits per heavy atom. The van der Waals surface area contributed by atoms with Crippen molar-refractivity contribution >= 4 is 16.7 Å². The van der Waals surface area contributed by atoms with Gasteiger partial charge in [0.15, 0.2) is 5.78 Å². The molecule has 1 unspecified atom stereocenters. The van der Waals surface area contributed by atoms with Gasteiger partial charge in [0, 0.05) is 36.1 Å². The third-order valence-corrected chi connectivity index (χ3v) is 5.49. The fraction of sp³-hybridized carbons (Fsp3) is 0.364. The lowest BCUT2D eigenvalue weighted by molar-refractivity contribution is 0.0989. The van der Waals surface area contributed by atoms with Crippen molar-refractivity contribution in [3.05, 3.63) is 65.4 Å². The van der Waals surface area contributed by atoms with Gasteiger partial charge in [0.2, 0.25) is 0 Å². The number of H-pyrrole nitrogens is 1. The van der Waals surface area contributed by atoms with Crippen LogP contribution in [0.4, 0.5) is 4.39 Å². The van der Waals surface area contributed by atoms with Crippen molar-refractivity contribution in [3.63, 3.8) is 0 Å². The number of Topliss-reactive ketones (excluding diaryl/α,β-unsaturated/α-hetero) is 1. The van der Waals surface area contributed by atoms with Crippen molar-refractivity contribution in [2.75, 3.05) is 13.1 Å². The summed E-state index contributed by atoms with van der Waals surface area (Å²) in [5.74, 6) is 0.0600. The van der Waals surface area contributed by atoms with Gasteiger partial charge in [0.05, 0.1) is 11.9 Å². The molecule has 3 heterocycles. The topological polar surface area (TPSA) is 49.0 Å². The molecule has 1 aliphatic heterocycles. The first-order valence-electron chi connectivity index (χ1n) is 9.49. The van der Waals surface area contributed by atoms with Crippen LogP contribution in [0, 0.1) is 5.82 Å². The van der Waals surface area contributed by atoms with Crippen LogP contribution >= 0.6 is 0 Å². The van der Waals surface area contributed by atoms with E-state index in [1.54, 1.807) is 0 Å². The van der Waals surface area contributed by atoms with E-state index in [1.165, 1.54) is 24.2 Å². The first-order chi connectivity index (χ1) is 13.0. The predicted molar refractivity (Wildman–Crippen MR) is 105 cm³/mol. The Balaban J connectivity index is 1.53. The molecule has 1 aromatic carbocycles. The van der Waals surface area contributed by atoms with Crippen LogP contribution in [0.5, 0.6) is 0 Å². The number of rotatable bonds is 5. The van der Waals surface area contributed by atoms with E-state index in [-0.39, 0.29) is 12.2 Å². The molecule has 27 heavy (non-hydrogen) atoms. The molecule has 1 N–H and O–H groups in total. The highest BCUT2D eigenvalue weighted by molar-refractivity contribution is 6.00. The fourth-order valence-corrected chi connectivity index (χ4v) is 3.92. The quantitative estimate of drug-likeness (QED) is 0.685. The average Bonchev–Trinajstić information content (AvgIpc) is 3.28. The summed E-state index contributed by atoms with van der Waals surface area (Å²) >= 11 is 0. The van der Waals surface area contributed by atoms with Crippen molar-refractivity contribution in [1.29, 1.82) is 0 Å². The van der Waals surface area contributed by atoms with Crippen molar-refractivity contribution < 1.29 is 9.18 Å². The Morgan fingerprint density at radius 3 is 2.89 bits per heavy atom. The molecule has 140 valence electrons. The lowest BCUT2D eigenvalue weighted by Gasteiger charge is -2.20. The third-order valence-electron chi connectivity index (χ3n) is 5.49. The van der Waals surface area contributed by atoms with Crippen LogP contribution < -0.4 is 0 Å². The molecule has 0 amide bonds. The summed E-state index contributed by atoms with van der Waals surface area (Å²) < 4.78 is 13.3. The van der Waals surface area contributed by atoms with E-state index in [0.29, 0.717) is 23.2 Å². The number of benzene rings is 1. The summed E-state index contributed by atoms with van der Waals surface area (Å²) in [5.41, 5.74) is 3.43. The van der Waals surface area contributed by atoms with Gasteiger partial charge in [-0.3, -0.25) is 9.78 Å². The Morgan fingerprint density at radius 1 is 1.30 bits per heavy atom. The van der Waals surface area contributed by atoms with Gasteiger partial charge in [-0.05, 0) is 68.1 Å². The predicted octanol–water partition coefficient (Wildman–Crippen LogP) is 4.33. The van der Waals surface area contributed by atoms with E-state index in [9.17, 15) is 9.18 Å². The first kappa shape index (κ1) is 17.9. The van der Waals surface area contributed by atoms with Crippen molar-refractivity contribution in [3.8, 4) is 0 Å². The zero-order chi connectivity index (χ0) is 19.0. The molecule has 0 aliphatic carbocycles. The van der Waals surface area contributed by atoms with E-state index in [0.717, 1.165) is 30.2 Å². The molecule has 1 atom stereocenters. The first-order valence-corrected chi connectivity index (χ1v) is 9.49. The highest BCUT2D eigenvalue weighted by Gasteiger charge is 2.25. The summed E-state index contributed by atoms with van der Waals surface area (Å²) in [6, 6.07) is 10.3. The second kappa shape index (κ2) is 7.24. The highest BCUT2D eigenvalue weighted by Crippen LogP contribution is 2.30. The Kier molecular flexibility index (Phi) is 4.79. The lowest BCUT2D eigenvalue weighted by Crippen LogP contribution is -2.27. The molecule has 4 nitrogen and oxygen atoms in total. The van der Waals surface area contributed by atoms with Crippen molar-refractivity contribution in [2.45, 2.75) is 38.6 Å². The average molecular weight is 365 g/mol. The Hall–Kier alpha value is -2.53. The van der Waals surface area contributed by atoms with Gasteiger partial charge in [-0.15, -0.1) is 0 Å². The van der Waals surface area contributed by atoms with E-state index < -0.39 is 5.82 Å². The molecular formula is C22H24FN3O. The summed E-state index contributed by atoms with van der Waals surface area (Å²) in [7, 11) is 0. The highest BCUT2D eigenvalue weighted by atomic mass is 19.1. The van der Waals surface area contributed by atoms with Crippen LogP contribution in [0.2, 0.25) is 0 Å². The minimum absolute atomic E-state index is 0.0630. The molecular weight excluding hydrogens is 341 g/mol. The van der Waals surface area contributed by atoms with Crippen LogP contribution in [-0.2, 0) is 6.42 Å². The van der Waals surface area contributed by atoms with Gasteiger partial charge < -0.3 is 9.88 Å². The number of hydrogen-bond acceptors (Lipinski definition) is 3. The normalized spacial score (nSPS) is 17.9. The smallest absolute Gasteiger partial charge is 0.183 e. The van der Waals surface area contributed by atoms with Crippen LogP contribution in [0.1, 0.15) is 47.8 Å². The second-order valence-electron chi connectivity index (χ2n) is 7.72. The number of carbonyl (C=O) groups is 1. The molecule has 0 saturated carbocycles. The number of fused-ring (bicyclic) bond motifs is 1. The number of aromatic nitrogens is 2. The molecule has 5 heteroatoms. The van der Waals surface area contributed by atoms with E-state index >= 15 is 0 Å². The SMILES string of the molecule is CC(C)N1CCC(c2ccc3[nH]c(C(=O)Cc4cncc(F)c4)cc3c2)C1. The van der Waals surface area contributed by atoms with Gasteiger partial charge in [-0.1, -0.05) is 6.07 Å². The molecule has 0 bridgehead atoms. The molecule has 2 aromatic heterocycles. The number of ketones is 1. The minimum Gasteiger partial charge on any atom is -0.352 e. The molecule has 4 rings (SSSR count). The third kappa shape index (κ3) is 3.78. The number of pyridine rings is 1. The maximum Gasteiger partial charge on any atom is 0.183 e. The number of likely N-dealkylation sites (tertiary alicyclic amines) is 1. The summed E-state index contributed by atoms with van der Waals surface area (Å²) in [5, 5.41) is 1.05. The maximum atomic E-state index is 13.3. The molecule has 1 fully saturated rings. The number of hydrogen-bond donors (Lipinski definition) is 1. The molecule has 0 radical (unpaired) electrons.